The molecule has 5 nitrogen and oxygen atoms in total. The molecule has 0 spiro atoms. The van der Waals surface area contributed by atoms with Gasteiger partial charge in [-0.2, -0.15) is 0 Å². The summed E-state index contributed by atoms with van der Waals surface area (Å²) in [5.74, 6) is -1.31. The van der Waals surface area contributed by atoms with Crippen molar-refractivity contribution in [3.8, 4) is 0 Å². The van der Waals surface area contributed by atoms with E-state index in [1.54, 1.807) is 17.0 Å². The lowest BCUT2D eigenvalue weighted by Crippen LogP contribution is -2.35. The molecule has 28 heavy (non-hydrogen) atoms. The molecule has 0 fully saturated rings. The first-order valence-corrected chi connectivity index (χ1v) is 8.98. The Morgan fingerprint density at radius 1 is 1.11 bits per heavy atom. The van der Waals surface area contributed by atoms with Crippen molar-refractivity contribution in [2.45, 2.75) is 19.4 Å². The SMILES string of the molecule is CC1Cc2ccccc2N1C(=O)c1ccnc(C(=O)Nc2ccccc2F)c1. The lowest BCUT2D eigenvalue weighted by atomic mass is 10.1. The van der Waals surface area contributed by atoms with Crippen LogP contribution in [-0.4, -0.2) is 22.8 Å². The van der Waals surface area contributed by atoms with Crippen molar-refractivity contribution >= 4 is 23.2 Å². The van der Waals surface area contributed by atoms with Gasteiger partial charge in [-0.25, -0.2) is 4.39 Å². The highest BCUT2D eigenvalue weighted by Crippen LogP contribution is 2.33. The van der Waals surface area contributed by atoms with Gasteiger partial charge < -0.3 is 10.2 Å². The molecule has 0 aliphatic carbocycles. The van der Waals surface area contributed by atoms with Gasteiger partial charge in [0.1, 0.15) is 11.5 Å². The summed E-state index contributed by atoms with van der Waals surface area (Å²) in [7, 11) is 0. The average molecular weight is 375 g/mol. The summed E-state index contributed by atoms with van der Waals surface area (Å²) in [6.45, 7) is 1.99. The first kappa shape index (κ1) is 17.9. The summed E-state index contributed by atoms with van der Waals surface area (Å²) in [5.41, 5.74) is 2.48. The van der Waals surface area contributed by atoms with Crippen LogP contribution in [-0.2, 0) is 6.42 Å². The topological polar surface area (TPSA) is 62.3 Å². The Labute approximate surface area is 161 Å². The van der Waals surface area contributed by atoms with Crippen LogP contribution in [0.5, 0.6) is 0 Å². The molecule has 1 aliphatic heterocycles. The van der Waals surface area contributed by atoms with Crippen LogP contribution < -0.4 is 10.2 Å². The summed E-state index contributed by atoms with van der Waals surface area (Å²) in [6, 6.07) is 16.7. The normalized spacial score (nSPS) is 15.2. The summed E-state index contributed by atoms with van der Waals surface area (Å²) >= 11 is 0. The Bertz CT molecular complexity index is 1070. The zero-order valence-electron chi connectivity index (χ0n) is 15.2. The quantitative estimate of drug-likeness (QED) is 0.751. The summed E-state index contributed by atoms with van der Waals surface area (Å²) in [5, 5.41) is 2.49. The van der Waals surface area contributed by atoms with E-state index in [4.69, 9.17) is 0 Å². The van der Waals surface area contributed by atoms with Gasteiger partial charge in [-0.3, -0.25) is 14.6 Å². The molecular formula is C22H18FN3O2. The summed E-state index contributed by atoms with van der Waals surface area (Å²) in [4.78, 5) is 31.3. The molecule has 1 aliphatic rings. The van der Waals surface area contributed by atoms with E-state index in [2.05, 4.69) is 10.3 Å². The Morgan fingerprint density at radius 2 is 1.86 bits per heavy atom. The molecule has 0 saturated carbocycles. The van der Waals surface area contributed by atoms with Crippen LogP contribution >= 0.6 is 0 Å². The molecule has 4 rings (SSSR count). The first-order valence-electron chi connectivity index (χ1n) is 8.98. The number of nitrogens with one attached hydrogen (secondary N) is 1. The Kier molecular flexibility index (Phi) is 4.61. The van der Waals surface area contributed by atoms with Gasteiger partial charge in [-0.05, 0) is 49.2 Å². The minimum absolute atomic E-state index is 0.0220. The van der Waals surface area contributed by atoms with Gasteiger partial charge in [0.2, 0.25) is 0 Å². The van der Waals surface area contributed by atoms with E-state index in [-0.39, 0.29) is 23.3 Å². The van der Waals surface area contributed by atoms with Crippen LogP contribution in [0.3, 0.4) is 0 Å². The van der Waals surface area contributed by atoms with E-state index in [1.165, 1.54) is 30.5 Å². The van der Waals surface area contributed by atoms with E-state index in [1.807, 2.05) is 31.2 Å². The van der Waals surface area contributed by atoms with Gasteiger partial charge in [0.05, 0.1) is 5.69 Å². The monoisotopic (exact) mass is 375 g/mol. The lowest BCUT2D eigenvalue weighted by molar-refractivity contribution is 0.0981. The Hall–Kier alpha value is -3.54. The predicted octanol–water partition coefficient (Wildman–Crippen LogP) is 4.06. The van der Waals surface area contributed by atoms with Crippen molar-refractivity contribution in [1.29, 1.82) is 0 Å². The zero-order valence-corrected chi connectivity index (χ0v) is 15.2. The lowest BCUT2D eigenvalue weighted by Gasteiger charge is -2.23. The van der Waals surface area contributed by atoms with Crippen molar-refractivity contribution in [2.24, 2.45) is 0 Å². The number of pyridine rings is 1. The number of aromatic nitrogens is 1. The van der Waals surface area contributed by atoms with Gasteiger partial charge in [0.25, 0.3) is 11.8 Å². The highest BCUT2D eigenvalue weighted by Gasteiger charge is 2.31. The van der Waals surface area contributed by atoms with Crippen LogP contribution in [0.4, 0.5) is 15.8 Å². The van der Waals surface area contributed by atoms with Gasteiger partial charge >= 0.3 is 0 Å². The third kappa shape index (κ3) is 3.24. The van der Waals surface area contributed by atoms with Crippen molar-refractivity contribution < 1.29 is 14.0 Å². The van der Waals surface area contributed by atoms with Gasteiger partial charge in [-0.15, -0.1) is 0 Å². The number of anilines is 2. The molecule has 2 amide bonds. The highest BCUT2D eigenvalue weighted by atomic mass is 19.1. The van der Waals surface area contributed by atoms with E-state index in [0.717, 1.165) is 17.7 Å². The Balaban J connectivity index is 1.60. The van der Waals surface area contributed by atoms with Crippen LogP contribution in [0.25, 0.3) is 0 Å². The predicted molar refractivity (Wildman–Crippen MR) is 105 cm³/mol. The number of hydrogen-bond donors (Lipinski definition) is 1. The number of benzene rings is 2. The summed E-state index contributed by atoms with van der Waals surface area (Å²) in [6.07, 6.45) is 2.20. The van der Waals surface area contributed by atoms with Crippen molar-refractivity contribution in [1.82, 2.24) is 4.98 Å². The number of rotatable bonds is 3. The van der Waals surface area contributed by atoms with Gasteiger partial charge in [0, 0.05) is 23.5 Å². The summed E-state index contributed by atoms with van der Waals surface area (Å²) < 4.78 is 13.8. The molecule has 3 aromatic rings. The molecule has 140 valence electrons. The molecule has 1 aromatic heterocycles. The third-order valence-corrected chi connectivity index (χ3v) is 4.79. The first-order chi connectivity index (χ1) is 13.5. The fourth-order valence-electron chi connectivity index (χ4n) is 3.45. The number of para-hydroxylation sites is 2. The largest absolute Gasteiger partial charge is 0.318 e. The third-order valence-electron chi connectivity index (χ3n) is 4.79. The standard InChI is InChI=1S/C22H18FN3O2/c1-14-12-15-6-2-5-9-20(15)26(14)22(28)16-10-11-24-19(13-16)21(27)25-18-8-4-3-7-17(18)23/h2-11,13-14H,12H2,1H3,(H,25,27). The molecule has 6 heteroatoms. The number of amides is 2. The van der Waals surface area contributed by atoms with E-state index in [9.17, 15) is 14.0 Å². The second kappa shape index (κ2) is 7.23. The maximum absolute atomic E-state index is 13.8. The average Bonchev–Trinajstić information content (AvgIpc) is 3.05. The van der Waals surface area contributed by atoms with E-state index >= 15 is 0 Å². The number of carbonyl (C=O) groups excluding carboxylic acids is 2. The van der Waals surface area contributed by atoms with Crippen molar-refractivity contribution in [3.63, 3.8) is 0 Å². The molecule has 2 heterocycles. The van der Waals surface area contributed by atoms with Crippen LogP contribution in [0, 0.1) is 5.82 Å². The second-order valence-electron chi connectivity index (χ2n) is 6.72. The van der Waals surface area contributed by atoms with E-state index < -0.39 is 11.7 Å². The minimum atomic E-state index is -0.574. The zero-order chi connectivity index (χ0) is 19.7. The molecule has 0 saturated heterocycles. The van der Waals surface area contributed by atoms with Crippen LogP contribution in [0.2, 0.25) is 0 Å². The minimum Gasteiger partial charge on any atom is -0.318 e. The fraction of sp³-hybridized carbons (Fsp3) is 0.136. The van der Waals surface area contributed by atoms with Crippen LogP contribution in [0.15, 0.2) is 66.9 Å². The van der Waals surface area contributed by atoms with E-state index in [0.29, 0.717) is 5.56 Å². The fourth-order valence-corrected chi connectivity index (χ4v) is 3.45. The maximum atomic E-state index is 13.8. The molecule has 1 unspecified atom stereocenters. The highest BCUT2D eigenvalue weighted by molar-refractivity contribution is 6.10. The Morgan fingerprint density at radius 3 is 2.68 bits per heavy atom. The number of fused-ring (bicyclic) bond motifs is 1. The molecule has 2 aromatic carbocycles. The van der Waals surface area contributed by atoms with Crippen LogP contribution in [0.1, 0.15) is 33.3 Å². The molecule has 0 radical (unpaired) electrons. The number of nitrogens with zero attached hydrogens (tertiary/aromatic N) is 2. The molecule has 1 N–H and O–H groups in total. The van der Waals surface area contributed by atoms with Gasteiger partial charge in [-0.1, -0.05) is 30.3 Å². The number of carbonyl (C=O) groups is 2. The number of hydrogen-bond acceptors (Lipinski definition) is 3. The molecule has 1 atom stereocenters. The van der Waals surface area contributed by atoms with Crippen molar-refractivity contribution in [2.75, 3.05) is 10.2 Å². The maximum Gasteiger partial charge on any atom is 0.274 e. The molecule has 0 bridgehead atoms. The smallest absolute Gasteiger partial charge is 0.274 e. The van der Waals surface area contributed by atoms with Gasteiger partial charge in [0.15, 0.2) is 0 Å². The van der Waals surface area contributed by atoms with Crippen molar-refractivity contribution in [3.05, 3.63) is 89.5 Å². The second-order valence-corrected chi connectivity index (χ2v) is 6.72. The molecular weight excluding hydrogens is 357 g/mol. The number of halogens is 1.